The first-order valence-electron chi connectivity index (χ1n) is 6.06. The van der Waals surface area contributed by atoms with Crippen molar-refractivity contribution in [2.75, 3.05) is 23.6 Å². The minimum absolute atomic E-state index is 0.254. The van der Waals surface area contributed by atoms with Crippen LogP contribution >= 0.6 is 23.5 Å². The quantitative estimate of drug-likeness (QED) is 0.673. The maximum Gasteiger partial charge on any atom is 0.312 e. The number of anilines is 1. The zero-order valence-corrected chi connectivity index (χ0v) is 13.1. The summed E-state index contributed by atoms with van der Waals surface area (Å²) >= 11 is 3.21. The largest absolute Gasteiger partial charge is 0.352 e. The standard InChI is InChI=1S/C13H19N3O2S2/c1-19-7-6-11(16-13(14)18)12(17)15-9-4-3-5-10(8-9)20-2/h3-5,8,11H,6-7H2,1-2H3,(H,15,17)(H3,14,16,18)/t11-/m1/s1. The lowest BCUT2D eigenvalue weighted by atomic mass is 10.2. The smallest absolute Gasteiger partial charge is 0.312 e. The summed E-state index contributed by atoms with van der Waals surface area (Å²) in [6.45, 7) is 0. The van der Waals surface area contributed by atoms with Crippen molar-refractivity contribution < 1.29 is 9.59 Å². The summed E-state index contributed by atoms with van der Waals surface area (Å²) in [7, 11) is 0. The highest BCUT2D eigenvalue weighted by molar-refractivity contribution is 7.98. The van der Waals surface area contributed by atoms with Crippen molar-refractivity contribution in [1.82, 2.24) is 5.32 Å². The van der Waals surface area contributed by atoms with Gasteiger partial charge in [0.1, 0.15) is 6.04 Å². The highest BCUT2D eigenvalue weighted by Crippen LogP contribution is 2.19. The van der Waals surface area contributed by atoms with Gasteiger partial charge >= 0.3 is 6.03 Å². The molecule has 1 atom stereocenters. The van der Waals surface area contributed by atoms with Crippen LogP contribution in [-0.4, -0.2) is 36.2 Å². The molecule has 0 spiro atoms. The van der Waals surface area contributed by atoms with Gasteiger partial charge in [-0.2, -0.15) is 11.8 Å². The van der Waals surface area contributed by atoms with Gasteiger partial charge in [0, 0.05) is 10.6 Å². The van der Waals surface area contributed by atoms with E-state index in [9.17, 15) is 9.59 Å². The van der Waals surface area contributed by atoms with E-state index in [0.29, 0.717) is 12.1 Å². The van der Waals surface area contributed by atoms with Gasteiger partial charge in [-0.25, -0.2) is 4.79 Å². The fourth-order valence-electron chi connectivity index (χ4n) is 1.61. The molecule has 0 fully saturated rings. The lowest BCUT2D eigenvalue weighted by Gasteiger charge is -2.17. The van der Waals surface area contributed by atoms with Gasteiger partial charge in [-0.3, -0.25) is 4.79 Å². The molecule has 0 saturated heterocycles. The van der Waals surface area contributed by atoms with Crippen molar-refractivity contribution in [1.29, 1.82) is 0 Å². The minimum Gasteiger partial charge on any atom is -0.352 e. The number of hydrogen-bond acceptors (Lipinski definition) is 4. The second-order valence-corrected chi connectivity index (χ2v) is 5.93. The molecule has 110 valence electrons. The summed E-state index contributed by atoms with van der Waals surface area (Å²) in [4.78, 5) is 24.2. The third-order valence-corrected chi connectivity index (χ3v) is 3.95. The van der Waals surface area contributed by atoms with Crippen molar-refractivity contribution >= 4 is 41.1 Å². The number of rotatable bonds is 7. The average molecular weight is 313 g/mol. The van der Waals surface area contributed by atoms with Crippen molar-refractivity contribution in [2.45, 2.75) is 17.4 Å². The van der Waals surface area contributed by atoms with Crippen LogP contribution in [0.1, 0.15) is 6.42 Å². The number of nitrogens with two attached hydrogens (primary N) is 1. The van der Waals surface area contributed by atoms with Gasteiger partial charge in [0.05, 0.1) is 0 Å². The Bertz CT molecular complexity index is 469. The lowest BCUT2D eigenvalue weighted by molar-refractivity contribution is -0.117. The van der Waals surface area contributed by atoms with Crippen LogP contribution in [0, 0.1) is 0 Å². The summed E-state index contributed by atoms with van der Waals surface area (Å²) in [5, 5.41) is 5.27. The summed E-state index contributed by atoms with van der Waals surface area (Å²) in [5.74, 6) is 0.513. The fourth-order valence-corrected chi connectivity index (χ4v) is 2.54. The molecule has 0 saturated carbocycles. The first kappa shape index (κ1) is 16.7. The molecule has 1 rings (SSSR count). The summed E-state index contributed by atoms with van der Waals surface area (Å²) in [5.41, 5.74) is 5.81. The SMILES string of the molecule is CSCC[C@@H](NC(N)=O)C(=O)Nc1cccc(SC)c1. The summed E-state index contributed by atoms with van der Waals surface area (Å²) in [6, 6.07) is 6.24. The lowest BCUT2D eigenvalue weighted by Crippen LogP contribution is -2.46. The van der Waals surface area contributed by atoms with Crippen LogP contribution in [-0.2, 0) is 4.79 Å². The predicted octanol–water partition coefficient (Wildman–Crippen LogP) is 2.14. The normalized spacial score (nSPS) is 11.7. The third-order valence-electron chi connectivity index (χ3n) is 2.58. The second-order valence-electron chi connectivity index (χ2n) is 4.06. The maximum absolute atomic E-state index is 12.2. The molecular formula is C13H19N3O2S2. The van der Waals surface area contributed by atoms with Crippen LogP contribution < -0.4 is 16.4 Å². The van der Waals surface area contributed by atoms with Crippen molar-refractivity contribution in [3.05, 3.63) is 24.3 Å². The molecule has 20 heavy (non-hydrogen) atoms. The zero-order valence-electron chi connectivity index (χ0n) is 11.5. The van der Waals surface area contributed by atoms with Gasteiger partial charge in [-0.15, -0.1) is 11.8 Å². The van der Waals surface area contributed by atoms with E-state index in [4.69, 9.17) is 5.73 Å². The molecule has 0 aromatic heterocycles. The molecule has 5 nitrogen and oxygen atoms in total. The van der Waals surface area contributed by atoms with Crippen LogP contribution in [0.25, 0.3) is 0 Å². The number of nitrogens with one attached hydrogen (secondary N) is 2. The van der Waals surface area contributed by atoms with Gasteiger partial charge in [0.25, 0.3) is 0 Å². The molecule has 3 amide bonds. The van der Waals surface area contributed by atoms with E-state index in [0.717, 1.165) is 10.6 Å². The first-order chi connectivity index (χ1) is 9.56. The van der Waals surface area contributed by atoms with Gasteiger partial charge in [0.15, 0.2) is 0 Å². The number of carbonyl (C=O) groups is 2. The molecule has 7 heteroatoms. The molecule has 0 aliphatic heterocycles. The minimum atomic E-state index is -0.691. The van der Waals surface area contributed by atoms with E-state index < -0.39 is 12.1 Å². The van der Waals surface area contributed by atoms with Crippen molar-refractivity contribution in [3.8, 4) is 0 Å². The Balaban J connectivity index is 2.70. The highest BCUT2D eigenvalue weighted by Gasteiger charge is 2.19. The van der Waals surface area contributed by atoms with Gasteiger partial charge in [-0.1, -0.05) is 6.07 Å². The van der Waals surface area contributed by atoms with E-state index in [-0.39, 0.29) is 5.91 Å². The van der Waals surface area contributed by atoms with Gasteiger partial charge in [-0.05, 0) is 42.9 Å². The first-order valence-corrected chi connectivity index (χ1v) is 8.68. The van der Waals surface area contributed by atoms with Crippen LogP contribution in [0.2, 0.25) is 0 Å². The summed E-state index contributed by atoms with van der Waals surface area (Å²) < 4.78 is 0. The maximum atomic E-state index is 12.2. The van der Waals surface area contributed by atoms with E-state index in [1.165, 1.54) is 0 Å². The molecule has 0 bridgehead atoms. The molecule has 0 unspecified atom stereocenters. The Kier molecular flexibility index (Phi) is 7.32. The number of carbonyl (C=O) groups excluding carboxylic acids is 2. The Morgan fingerprint density at radius 2 is 2.10 bits per heavy atom. The molecule has 0 heterocycles. The monoisotopic (exact) mass is 313 g/mol. The van der Waals surface area contributed by atoms with Crippen molar-refractivity contribution in [3.63, 3.8) is 0 Å². The number of hydrogen-bond donors (Lipinski definition) is 3. The molecule has 1 aromatic rings. The highest BCUT2D eigenvalue weighted by atomic mass is 32.2. The third kappa shape index (κ3) is 5.75. The number of thioether (sulfide) groups is 2. The number of benzene rings is 1. The van der Waals surface area contributed by atoms with Crippen LogP contribution in [0.4, 0.5) is 10.5 Å². The van der Waals surface area contributed by atoms with E-state index in [2.05, 4.69) is 10.6 Å². The Morgan fingerprint density at radius 3 is 2.70 bits per heavy atom. The predicted molar refractivity (Wildman–Crippen MR) is 86.4 cm³/mol. The van der Waals surface area contributed by atoms with E-state index in [1.54, 1.807) is 23.5 Å². The average Bonchev–Trinajstić information content (AvgIpc) is 2.43. The van der Waals surface area contributed by atoms with Crippen LogP contribution in [0.15, 0.2) is 29.2 Å². The second kappa shape index (κ2) is 8.76. The molecule has 1 aromatic carbocycles. The van der Waals surface area contributed by atoms with Crippen LogP contribution in [0.5, 0.6) is 0 Å². The Morgan fingerprint density at radius 1 is 1.35 bits per heavy atom. The zero-order chi connectivity index (χ0) is 15.0. The number of primary amides is 1. The number of urea groups is 1. The Hall–Kier alpha value is -1.34. The molecule has 0 radical (unpaired) electrons. The van der Waals surface area contributed by atoms with E-state index >= 15 is 0 Å². The molecule has 0 aliphatic rings. The fraction of sp³-hybridized carbons (Fsp3) is 0.385. The number of amides is 3. The topological polar surface area (TPSA) is 84.2 Å². The molecular weight excluding hydrogens is 294 g/mol. The molecule has 0 aliphatic carbocycles. The van der Waals surface area contributed by atoms with Gasteiger partial charge in [0.2, 0.25) is 5.91 Å². The van der Waals surface area contributed by atoms with Gasteiger partial charge < -0.3 is 16.4 Å². The summed E-state index contributed by atoms with van der Waals surface area (Å²) in [6.07, 6.45) is 4.45. The molecule has 4 N–H and O–H groups in total. The van der Waals surface area contributed by atoms with E-state index in [1.807, 2.05) is 36.8 Å². The van der Waals surface area contributed by atoms with Crippen molar-refractivity contribution in [2.24, 2.45) is 5.73 Å². The van der Waals surface area contributed by atoms with Crippen LogP contribution in [0.3, 0.4) is 0 Å². The Labute approximate surface area is 127 Å².